The van der Waals surface area contributed by atoms with E-state index in [0.29, 0.717) is 18.7 Å². The lowest BCUT2D eigenvalue weighted by Gasteiger charge is -2.29. The summed E-state index contributed by atoms with van der Waals surface area (Å²) >= 11 is 0. The molecule has 0 bridgehead atoms. The predicted octanol–water partition coefficient (Wildman–Crippen LogP) is 2.66. The Kier molecular flexibility index (Phi) is 5.85. The molecular weight excluding hydrogens is 316 g/mol. The van der Waals surface area contributed by atoms with Gasteiger partial charge in [0, 0.05) is 31.5 Å². The maximum atomic E-state index is 12.7. The zero-order valence-corrected chi connectivity index (χ0v) is 14.3. The van der Waals surface area contributed by atoms with E-state index in [-0.39, 0.29) is 5.91 Å². The number of pyridine rings is 1. The van der Waals surface area contributed by atoms with Gasteiger partial charge in [0.05, 0.1) is 5.56 Å². The van der Waals surface area contributed by atoms with Crippen molar-refractivity contribution in [1.82, 2.24) is 4.98 Å². The van der Waals surface area contributed by atoms with E-state index < -0.39 is 0 Å². The molecule has 6 heteroatoms. The maximum absolute atomic E-state index is 12.7. The van der Waals surface area contributed by atoms with E-state index >= 15 is 0 Å². The SMILES string of the molecule is NCCOc1ccc(NC(=O)c2cccnc2N2CCCCC2)cc1. The van der Waals surface area contributed by atoms with E-state index in [9.17, 15) is 4.79 Å². The summed E-state index contributed by atoms with van der Waals surface area (Å²) in [6, 6.07) is 10.9. The number of hydrogen-bond donors (Lipinski definition) is 2. The molecule has 3 rings (SSSR count). The van der Waals surface area contributed by atoms with Crippen LogP contribution in [0.15, 0.2) is 42.6 Å². The van der Waals surface area contributed by atoms with Gasteiger partial charge in [-0.3, -0.25) is 4.79 Å². The van der Waals surface area contributed by atoms with Gasteiger partial charge in [-0.2, -0.15) is 0 Å². The van der Waals surface area contributed by atoms with Crippen LogP contribution >= 0.6 is 0 Å². The standard InChI is InChI=1S/C19H24N4O2/c20-10-14-25-16-8-6-15(7-9-16)22-19(24)17-5-4-11-21-18(17)23-12-2-1-3-13-23/h4-9,11H,1-3,10,12-14,20H2,(H,22,24). The summed E-state index contributed by atoms with van der Waals surface area (Å²) in [7, 11) is 0. The molecule has 2 aromatic rings. The number of ether oxygens (including phenoxy) is 1. The van der Waals surface area contributed by atoms with Crippen LogP contribution in [0.4, 0.5) is 11.5 Å². The Morgan fingerprint density at radius 3 is 2.64 bits per heavy atom. The molecule has 1 aromatic heterocycles. The van der Waals surface area contributed by atoms with E-state index in [1.165, 1.54) is 6.42 Å². The van der Waals surface area contributed by atoms with Crippen LogP contribution in [0.5, 0.6) is 5.75 Å². The van der Waals surface area contributed by atoms with Gasteiger partial charge in [-0.15, -0.1) is 0 Å². The Bertz CT molecular complexity index is 697. The Morgan fingerprint density at radius 2 is 1.92 bits per heavy atom. The van der Waals surface area contributed by atoms with Gasteiger partial charge < -0.3 is 20.7 Å². The van der Waals surface area contributed by atoms with E-state index in [0.717, 1.165) is 43.2 Å². The van der Waals surface area contributed by atoms with Gasteiger partial charge in [0.15, 0.2) is 0 Å². The number of carbonyl (C=O) groups is 1. The van der Waals surface area contributed by atoms with Crippen molar-refractivity contribution in [2.75, 3.05) is 36.5 Å². The number of hydrogen-bond acceptors (Lipinski definition) is 5. The third kappa shape index (κ3) is 4.48. The zero-order chi connectivity index (χ0) is 17.5. The maximum Gasteiger partial charge on any atom is 0.259 e. The molecule has 1 aliphatic heterocycles. The fourth-order valence-electron chi connectivity index (χ4n) is 2.94. The predicted molar refractivity (Wildman–Crippen MR) is 99.2 cm³/mol. The largest absolute Gasteiger partial charge is 0.492 e. The van der Waals surface area contributed by atoms with Crippen molar-refractivity contribution < 1.29 is 9.53 Å². The lowest BCUT2D eigenvalue weighted by molar-refractivity contribution is 0.102. The molecule has 0 atom stereocenters. The number of nitrogens with one attached hydrogen (secondary N) is 1. The molecule has 1 amide bonds. The highest BCUT2D eigenvalue weighted by molar-refractivity contribution is 6.07. The average molecular weight is 340 g/mol. The number of nitrogens with two attached hydrogens (primary N) is 1. The van der Waals surface area contributed by atoms with E-state index in [2.05, 4.69) is 15.2 Å². The summed E-state index contributed by atoms with van der Waals surface area (Å²) in [4.78, 5) is 19.4. The number of anilines is 2. The van der Waals surface area contributed by atoms with Crippen molar-refractivity contribution in [2.24, 2.45) is 5.73 Å². The molecule has 1 aromatic carbocycles. The minimum Gasteiger partial charge on any atom is -0.492 e. The lowest BCUT2D eigenvalue weighted by Crippen LogP contribution is -2.32. The molecule has 132 valence electrons. The molecule has 25 heavy (non-hydrogen) atoms. The van der Waals surface area contributed by atoms with Crippen LogP contribution in [0, 0.1) is 0 Å². The molecular formula is C19H24N4O2. The third-order valence-electron chi connectivity index (χ3n) is 4.19. The second-order valence-corrected chi connectivity index (χ2v) is 6.04. The molecule has 0 saturated carbocycles. The zero-order valence-electron chi connectivity index (χ0n) is 14.3. The number of aromatic nitrogens is 1. The van der Waals surface area contributed by atoms with E-state index in [4.69, 9.17) is 10.5 Å². The van der Waals surface area contributed by atoms with Crippen molar-refractivity contribution in [3.05, 3.63) is 48.2 Å². The number of piperidine rings is 1. The fraction of sp³-hybridized carbons (Fsp3) is 0.368. The Labute approximate surface area is 148 Å². The Balaban J connectivity index is 1.70. The van der Waals surface area contributed by atoms with Crippen molar-refractivity contribution in [3.8, 4) is 5.75 Å². The molecule has 0 unspecified atom stereocenters. The average Bonchev–Trinajstić information content (AvgIpc) is 2.68. The first kappa shape index (κ1) is 17.2. The van der Waals surface area contributed by atoms with Gasteiger partial charge in [-0.05, 0) is 55.7 Å². The smallest absolute Gasteiger partial charge is 0.259 e. The van der Waals surface area contributed by atoms with Crippen molar-refractivity contribution >= 4 is 17.4 Å². The summed E-state index contributed by atoms with van der Waals surface area (Å²) in [6.07, 6.45) is 5.26. The second kappa shape index (κ2) is 8.48. The number of nitrogens with zero attached hydrogens (tertiary/aromatic N) is 2. The van der Waals surface area contributed by atoms with Crippen LogP contribution < -0.4 is 20.7 Å². The summed E-state index contributed by atoms with van der Waals surface area (Å²) < 4.78 is 5.44. The number of amides is 1. The first-order chi connectivity index (χ1) is 12.3. The van der Waals surface area contributed by atoms with Crippen LogP contribution in [-0.2, 0) is 0 Å². The first-order valence-corrected chi connectivity index (χ1v) is 8.72. The van der Waals surface area contributed by atoms with Gasteiger partial charge in [0.2, 0.25) is 0 Å². The van der Waals surface area contributed by atoms with Crippen LogP contribution in [0.1, 0.15) is 29.6 Å². The van der Waals surface area contributed by atoms with Crippen LogP contribution in [0.25, 0.3) is 0 Å². The minimum absolute atomic E-state index is 0.149. The third-order valence-corrected chi connectivity index (χ3v) is 4.19. The summed E-state index contributed by atoms with van der Waals surface area (Å²) in [6.45, 7) is 2.84. The van der Waals surface area contributed by atoms with E-state index in [1.54, 1.807) is 12.3 Å². The second-order valence-electron chi connectivity index (χ2n) is 6.04. The monoisotopic (exact) mass is 340 g/mol. The van der Waals surface area contributed by atoms with Gasteiger partial charge in [0.25, 0.3) is 5.91 Å². The van der Waals surface area contributed by atoms with Crippen molar-refractivity contribution in [3.63, 3.8) is 0 Å². The quantitative estimate of drug-likeness (QED) is 0.845. The summed E-state index contributed by atoms with van der Waals surface area (Å²) in [5.74, 6) is 1.35. The molecule has 0 radical (unpaired) electrons. The first-order valence-electron chi connectivity index (χ1n) is 8.72. The molecule has 6 nitrogen and oxygen atoms in total. The van der Waals surface area contributed by atoms with Gasteiger partial charge >= 0.3 is 0 Å². The number of carbonyl (C=O) groups excluding carboxylic acids is 1. The topological polar surface area (TPSA) is 80.5 Å². The van der Waals surface area contributed by atoms with Gasteiger partial charge in [-0.25, -0.2) is 4.98 Å². The molecule has 0 spiro atoms. The summed E-state index contributed by atoms with van der Waals surface area (Å²) in [5, 5.41) is 2.94. The highest BCUT2D eigenvalue weighted by atomic mass is 16.5. The lowest BCUT2D eigenvalue weighted by atomic mass is 10.1. The Hall–Kier alpha value is -2.60. The molecule has 1 fully saturated rings. The highest BCUT2D eigenvalue weighted by Gasteiger charge is 2.19. The van der Waals surface area contributed by atoms with Gasteiger partial charge in [0.1, 0.15) is 18.2 Å². The molecule has 3 N–H and O–H groups in total. The van der Waals surface area contributed by atoms with Crippen LogP contribution in [0.2, 0.25) is 0 Å². The van der Waals surface area contributed by atoms with E-state index in [1.807, 2.05) is 30.3 Å². The molecule has 0 aliphatic carbocycles. The van der Waals surface area contributed by atoms with Crippen molar-refractivity contribution in [1.29, 1.82) is 0 Å². The highest BCUT2D eigenvalue weighted by Crippen LogP contribution is 2.23. The molecule has 2 heterocycles. The minimum atomic E-state index is -0.149. The fourth-order valence-corrected chi connectivity index (χ4v) is 2.94. The molecule has 1 saturated heterocycles. The van der Waals surface area contributed by atoms with Gasteiger partial charge in [-0.1, -0.05) is 0 Å². The number of benzene rings is 1. The van der Waals surface area contributed by atoms with Crippen molar-refractivity contribution in [2.45, 2.75) is 19.3 Å². The number of rotatable bonds is 6. The summed E-state index contributed by atoms with van der Waals surface area (Å²) in [5.41, 5.74) is 6.75. The molecule has 1 aliphatic rings. The van der Waals surface area contributed by atoms with Crippen LogP contribution in [-0.4, -0.2) is 37.1 Å². The van der Waals surface area contributed by atoms with Crippen LogP contribution in [0.3, 0.4) is 0 Å². The normalized spacial score (nSPS) is 14.2. The Morgan fingerprint density at radius 1 is 1.16 bits per heavy atom.